The summed E-state index contributed by atoms with van der Waals surface area (Å²) in [6.07, 6.45) is 2.85. The number of carbonyl (C=O) groups excluding carboxylic acids is 1. The maximum Gasteiger partial charge on any atom is 0.332 e. The summed E-state index contributed by atoms with van der Waals surface area (Å²) in [5.74, 6) is -0.318. The number of hydrogen-bond acceptors (Lipinski definition) is 3. The molecule has 3 unspecified atom stereocenters. The lowest BCUT2D eigenvalue weighted by molar-refractivity contribution is -0.154. The number of aliphatic carboxylic acids is 1. The van der Waals surface area contributed by atoms with Gasteiger partial charge in [-0.25, -0.2) is 4.79 Å². The van der Waals surface area contributed by atoms with Gasteiger partial charge in [0, 0.05) is 13.1 Å². The van der Waals surface area contributed by atoms with Gasteiger partial charge in [-0.1, -0.05) is 6.92 Å². The zero-order valence-corrected chi connectivity index (χ0v) is 10.8. The molecule has 18 heavy (non-hydrogen) atoms. The van der Waals surface area contributed by atoms with Crippen molar-refractivity contribution in [2.24, 2.45) is 5.92 Å². The van der Waals surface area contributed by atoms with Gasteiger partial charge in [0.1, 0.15) is 6.10 Å². The van der Waals surface area contributed by atoms with Crippen molar-refractivity contribution in [3.63, 3.8) is 0 Å². The summed E-state index contributed by atoms with van der Waals surface area (Å²) < 4.78 is 5.31. The highest BCUT2D eigenvalue weighted by atomic mass is 16.5. The van der Waals surface area contributed by atoms with Crippen LogP contribution in [-0.4, -0.2) is 47.2 Å². The van der Waals surface area contributed by atoms with Crippen LogP contribution < -0.4 is 0 Å². The predicted octanol–water partition coefficient (Wildman–Crippen LogP) is 1.27. The fourth-order valence-corrected chi connectivity index (χ4v) is 2.69. The SMILES string of the molecule is CC1CCCN(C(=O)C2CCC(C(=O)O)O2)CC1. The highest BCUT2D eigenvalue weighted by Crippen LogP contribution is 2.24. The molecule has 2 aliphatic rings. The van der Waals surface area contributed by atoms with E-state index in [1.54, 1.807) is 0 Å². The first-order valence-electron chi connectivity index (χ1n) is 6.75. The molecule has 1 amide bonds. The van der Waals surface area contributed by atoms with Crippen LogP contribution in [0.15, 0.2) is 0 Å². The number of rotatable bonds is 2. The van der Waals surface area contributed by atoms with Crippen LogP contribution in [0.25, 0.3) is 0 Å². The van der Waals surface area contributed by atoms with E-state index in [0.717, 1.165) is 32.4 Å². The van der Waals surface area contributed by atoms with Crippen LogP contribution in [0.2, 0.25) is 0 Å². The summed E-state index contributed by atoms with van der Waals surface area (Å²) in [5.41, 5.74) is 0. The van der Waals surface area contributed by atoms with Crippen molar-refractivity contribution in [1.29, 1.82) is 0 Å². The topological polar surface area (TPSA) is 66.8 Å². The molecule has 0 radical (unpaired) electrons. The van der Waals surface area contributed by atoms with E-state index < -0.39 is 18.2 Å². The Morgan fingerprint density at radius 3 is 2.50 bits per heavy atom. The van der Waals surface area contributed by atoms with Gasteiger partial charge in [0.15, 0.2) is 6.10 Å². The number of hydrogen-bond donors (Lipinski definition) is 1. The Hall–Kier alpha value is -1.10. The van der Waals surface area contributed by atoms with Gasteiger partial charge in [0.25, 0.3) is 5.91 Å². The quantitative estimate of drug-likeness (QED) is 0.807. The molecule has 0 aromatic carbocycles. The van der Waals surface area contributed by atoms with Gasteiger partial charge in [-0.2, -0.15) is 0 Å². The second-order valence-electron chi connectivity index (χ2n) is 5.39. The van der Waals surface area contributed by atoms with Gasteiger partial charge in [0.2, 0.25) is 0 Å². The standard InChI is InChI=1S/C13H21NO4/c1-9-3-2-7-14(8-6-9)12(15)10-4-5-11(18-10)13(16)17/h9-11H,2-8H2,1H3,(H,16,17). The van der Waals surface area contributed by atoms with Gasteiger partial charge < -0.3 is 14.7 Å². The molecular formula is C13H21NO4. The molecule has 1 N–H and O–H groups in total. The number of likely N-dealkylation sites (tertiary alicyclic amines) is 1. The van der Waals surface area contributed by atoms with Crippen molar-refractivity contribution in [3.05, 3.63) is 0 Å². The van der Waals surface area contributed by atoms with Crippen molar-refractivity contribution in [2.45, 2.75) is 51.2 Å². The van der Waals surface area contributed by atoms with E-state index in [-0.39, 0.29) is 5.91 Å². The van der Waals surface area contributed by atoms with E-state index in [4.69, 9.17) is 9.84 Å². The molecule has 5 heteroatoms. The molecule has 0 spiro atoms. The second kappa shape index (κ2) is 5.69. The third-order valence-electron chi connectivity index (χ3n) is 3.90. The molecule has 2 fully saturated rings. The van der Waals surface area contributed by atoms with E-state index in [0.29, 0.717) is 18.8 Å². The Bertz CT molecular complexity index is 331. The Labute approximate surface area is 107 Å². The van der Waals surface area contributed by atoms with E-state index in [1.165, 1.54) is 0 Å². The van der Waals surface area contributed by atoms with E-state index in [9.17, 15) is 9.59 Å². The molecular weight excluding hydrogens is 234 g/mol. The van der Waals surface area contributed by atoms with Crippen molar-refractivity contribution >= 4 is 11.9 Å². The molecule has 0 aliphatic carbocycles. The summed E-state index contributed by atoms with van der Waals surface area (Å²) >= 11 is 0. The first-order valence-corrected chi connectivity index (χ1v) is 6.75. The smallest absolute Gasteiger partial charge is 0.332 e. The third-order valence-corrected chi connectivity index (χ3v) is 3.90. The molecule has 0 aromatic rings. The molecule has 2 heterocycles. The van der Waals surface area contributed by atoms with Crippen LogP contribution >= 0.6 is 0 Å². The summed E-state index contributed by atoms with van der Waals surface area (Å²) in [5, 5.41) is 8.85. The largest absolute Gasteiger partial charge is 0.479 e. The van der Waals surface area contributed by atoms with Crippen molar-refractivity contribution < 1.29 is 19.4 Å². The number of ether oxygens (including phenoxy) is 1. The fraction of sp³-hybridized carbons (Fsp3) is 0.846. The van der Waals surface area contributed by atoms with Crippen LogP contribution in [0.4, 0.5) is 0 Å². The lowest BCUT2D eigenvalue weighted by atomic mass is 10.0. The third kappa shape index (κ3) is 3.02. The molecule has 0 aromatic heterocycles. The molecule has 2 rings (SSSR count). The molecule has 5 nitrogen and oxygen atoms in total. The predicted molar refractivity (Wildman–Crippen MR) is 65.1 cm³/mol. The molecule has 102 valence electrons. The second-order valence-corrected chi connectivity index (χ2v) is 5.39. The lowest BCUT2D eigenvalue weighted by Crippen LogP contribution is -2.40. The Kier molecular flexibility index (Phi) is 4.22. The highest BCUT2D eigenvalue weighted by Gasteiger charge is 2.36. The van der Waals surface area contributed by atoms with Crippen molar-refractivity contribution in [3.8, 4) is 0 Å². The first-order chi connectivity index (χ1) is 8.58. The molecule has 2 saturated heterocycles. The monoisotopic (exact) mass is 255 g/mol. The average molecular weight is 255 g/mol. The maximum atomic E-state index is 12.2. The van der Waals surface area contributed by atoms with Gasteiger partial charge in [-0.15, -0.1) is 0 Å². The fourth-order valence-electron chi connectivity index (χ4n) is 2.69. The van der Waals surface area contributed by atoms with Gasteiger partial charge >= 0.3 is 5.97 Å². The highest BCUT2D eigenvalue weighted by molar-refractivity contribution is 5.82. The van der Waals surface area contributed by atoms with Gasteiger partial charge in [0.05, 0.1) is 0 Å². The summed E-state index contributed by atoms with van der Waals surface area (Å²) in [4.78, 5) is 24.9. The average Bonchev–Trinajstić information content (AvgIpc) is 2.73. The minimum atomic E-state index is -0.963. The summed E-state index contributed by atoms with van der Waals surface area (Å²) in [7, 11) is 0. The number of nitrogens with zero attached hydrogens (tertiary/aromatic N) is 1. The van der Waals surface area contributed by atoms with E-state index in [2.05, 4.69) is 6.92 Å². The summed E-state index contributed by atoms with van der Waals surface area (Å²) in [6.45, 7) is 3.76. The Morgan fingerprint density at radius 2 is 1.83 bits per heavy atom. The Balaban J connectivity index is 1.89. The van der Waals surface area contributed by atoms with E-state index in [1.807, 2.05) is 4.90 Å². The number of amides is 1. The van der Waals surface area contributed by atoms with Gasteiger partial charge in [-0.3, -0.25) is 4.79 Å². The number of carboxylic acid groups (broad SMARTS) is 1. The van der Waals surface area contributed by atoms with Gasteiger partial charge in [-0.05, 0) is 38.0 Å². The summed E-state index contributed by atoms with van der Waals surface area (Å²) in [6, 6.07) is 0. The zero-order chi connectivity index (χ0) is 13.1. The van der Waals surface area contributed by atoms with Crippen molar-refractivity contribution in [1.82, 2.24) is 4.90 Å². The normalized spacial score (nSPS) is 33.2. The number of carbonyl (C=O) groups is 2. The number of carboxylic acids is 1. The minimum absolute atomic E-state index is 0.0205. The van der Waals surface area contributed by atoms with Crippen LogP contribution in [0.3, 0.4) is 0 Å². The molecule has 0 saturated carbocycles. The van der Waals surface area contributed by atoms with Crippen LogP contribution in [0.1, 0.15) is 39.0 Å². The lowest BCUT2D eigenvalue weighted by Gasteiger charge is -2.23. The molecule has 3 atom stereocenters. The maximum absolute atomic E-state index is 12.2. The van der Waals surface area contributed by atoms with Crippen molar-refractivity contribution in [2.75, 3.05) is 13.1 Å². The zero-order valence-electron chi connectivity index (χ0n) is 10.8. The van der Waals surface area contributed by atoms with E-state index >= 15 is 0 Å². The van der Waals surface area contributed by atoms with Crippen LogP contribution in [0.5, 0.6) is 0 Å². The molecule has 2 aliphatic heterocycles. The Morgan fingerprint density at radius 1 is 1.11 bits per heavy atom. The van der Waals surface area contributed by atoms with Crippen LogP contribution in [-0.2, 0) is 14.3 Å². The van der Waals surface area contributed by atoms with Crippen LogP contribution in [0, 0.1) is 5.92 Å². The minimum Gasteiger partial charge on any atom is -0.479 e. The first kappa shape index (κ1) is 13.3. The molecule has 0 bridgehead atoms.